The molecule has 0 amide bonds. The lowest BCUT2D eigenvalue weighted by Crippen LogP contribution is -2.16. The Morgan fingerprint density at radius 1 is 1.46 bits per heavy atom. The molecular formula is C10H12N2O. The van der Waals surface area contributed by atoms with Gasteiger partial charge >= 0.3 is 0 Å². The number of hydrogen-bond donors (Lipinski definition) is 1. The molecule has 68 valence electrons. The van der Waals surface area contributed by atoms with Crippen molar-refractivity contribution >= 4 is 5.71 Å². The maximum absolute atomic E-state index is 5.97. The number of nitrogens with zero attached hydrogens (tertiary/aromatic N) is 1. The van der Waals surface area contributed by atoms with Crippen molar-refractivity contribution in [3.05, 3.63) is 35.4 Å². The molecule has 3 heteroatoms. The number of rotatable bonds is 1. The second-order valence-electron chi connectivity index (χ2n) is 3.12. The first kappa shape index (κ1) is 8.26. The van der Waals surface area contributed by atoms with Crippen molar-refractivity contribution < 1.29 is 4.84 Å². The molecule has 0 radical (unpaired) electrons. The van der Waals surface area contributed by atoms with Crippen LogP contribution in [-0.4, -0.2) is 12.8 Å². The molecule has 0 saturated carbocycles. The average Bonchev–Trinajstić information content (AvgIpc) is 2.46. The quantitative estimate of drug-likeness (QED) is 0.654. The first-order chi connectivity index (χ1) is 6.33. The van der Waals surface area contributed by atoms with Crippen LogP contribution in [0.25, 0.3) is 0 Å². The molecular weight excluding hydrogens is 164 g/mol. The van der Waals surface area contributed by atoms with E-state index in [0.717, 1.165) is 12.1 Å². The SMILES string of the molecule is CON=C1Cc2ccccc2C1N. The summed E-state index contributed by atoms with van der Waals surface area (Å²) in [7, 11) is 1.54. The van der Waals surface area contributed by atoms with Gasteiger partial charge in [-0.3, -0.25) is 0 Å². The highest BCUT2D eigenvalue weighted by atomic mass is 16.6. The van der Waals surface area contributed by atoms with Gasteiger partial charge in [-0.1, -0.05) is 29.4 Å². The summed E-state index contributed by atoms with van der Waals surface area (Å²) in [6.07, 6.45) is 0.811. The largest absolute Gasteiger partial charge is 0.399 e. The third kappa shape index (κ3) is 1.31. The Labute approximate surface area is 77.2 Å². The van der Waals surface area contributed by atoms with E-state index in [1.165, 1.54) is 11.1 Å². The van der Waals surface area contributed by atoms with Crippen LogP contribution in [0.1, 0.15) is 17.2 Å². The number of benzene rings is 1. The van der Waals surface area contributed by atoms with E-state index in [-0.39, 0.29) is 6.04 Å². The van der Waals surface area contributed by atoms with Crippen molar-refractivity contribution in [2.45, 2.75) is 12.5 Å². The molecule has 0 spiro atoms. The number of nitrogens with two attached hydrogens (primary N) is 1. The highest BCUT2D eigenvalue weighted by Crippen LogP contribution is 2.26. The Morgan fingerprint density at radius 3 is 2.92 bits per heavy atom. The van der Waals surface area contributed by atoms with E-state index in [1.807, 2.05) is 18.2 Å². The second kappa shape index (κ2) is 3.18. The van der Waals surface area contributed by atoms with Crippen LogP contribution in [0.2, 0.25) is 0 Å². The minimum Gasteiger partial charge on any atom is -0.399 e. The lowest BCUT2D eigenvalue weighted by atomic mass is 10.1. The van der Waals surface area contributed by atoms with Gasteiger partial charge in [-0.05, 0) is 11.1 Å². The number of oxime groups is 1. The Bertz CT molecular complexity index is 347. The summed E-state index contributed by atoms with van der Waals surface area (Å²) in [5.41, 5.74) is 9.29. The Morgan fingerprint density at radius 2 is 2.23 bits per heavy atom. The van der Waals surface area contributed by atoms with Crippen LogP contribution in [0.15, 0.2) is 29.4 Å². The van der Waals surface area contributed by atoms with Crippen molar-refractivity contribution in [2.24, 2.45) is 10.9 Å². The van der Waals surface area contributed by atoms with E-state index in [1.54, 1.807) is 7.11 Å². The lowest BCUT2D eigenvalue weighted by molar-refractivity contribution is 0.211. The second-order valence-corrected chi connectivity index (χ2v) is 3.12. The molecule has 1 aliphatic carbocycles. The molecule has 1 aromatic carbocycles. The zero-order chi connectivity index (χ0) is 9.26. The minimum absolute atomic E-state index is 0.0869. The van der Waals surface area contributed by atoms with E-state index >= 15 is 0 Å². The predicted molar refractivity (Wildman–Crippen MR) is 51.5 cm³/mol. The highest BCUT2D eigenvalue weighted by molar-refractivity contribution is 5.96. The van der Waals surface area contributed by atoms with Crippen LogP contribution in [-0.2, 0) is 11.3 Å². The number of fused-ring (bicyclic) bond motifs is 1. The zero-order valence-electron chi connectivity index (χ0n) is 7.53. The molecule has 1 unspecified atom stereocenters. The van der Waals surface area contributed by atoms with Crippen LogP contribution in [0.4, 0.5) is 0 Å². The Balaban J connectivity index is 2.38. The summed E-state index contributed by atoms with van der Waals surface area (Å²) in [4.78, 5) is 4.74. The monoisotopic (exact) mass is 176 g/mol. The Hall–Kier alpha value is -1.35. The molecule has 0 aliphatic heterocycles. The molecule has 0 aromatic heterocycles. The summed E-state index contributed by atoms with van der Waals surface area (Å²) < 4.78 is 0. The van der Waals surface area contributed by atoms with E-state index < -0.39 is 0 Å². The van der Waals surface area contributed by atoms with Gasteiger partial charge < -0.3 is 10.6 Å². The van der Waals surface area contributed by atoms with E-state index in [2.05, 4.69) is 11.2 Å². The fourth-order valence-corrected chi connectivity index (χ4v) is 1.69. The minimum atomic E-state index is -0.0869. The summed E-state index contributed by atoms with van der Waals surface area (Å²) in [6, 6.07) is 8.04. The smallest absolute Gasteiger partial charge is 0.106 e. The van der Waals surface area contributed by atoms with Gasteiger partial charge in [0.1, 0.15) is 7.11 Å². The van der Waals surface area contributed by atoms with Gasteiger partial charge in [0.2, 0.25) is 0 Å². The van der Waals surface area contributed by atoms with Crippen molar-refractivity contribution in [1.29, 1.82) is 0 Å². The molecule has 13 heavy (non-hydrogen) atoms. The van der Waals surface area contributed by atoms with Gasteiger partial charge in [0.05, 0.1) is 11.8 Å². The first-order valence-electron chi connectivity index (χ1n) is 4.26. The number of hydrogen-bond acceptors (Lipinski definition) is 3. The van der Waals surface area contributed by atoms with Gasteiger partial charge in [0.15, 0.2) is 0 Å². The normalized spacial score (nSPS) is 23.2. The third-order valence-electron chi connectivity index (χ3n) is 2.33. The average molecular weight is 176 g/mol. The standard InChI is InChI=1S/C10H12N2O/c1-13-12-9-6-7-4-2-3-5-8(7)10(9)11/h2-5,10H,6,11H2,1H3. The lowest BCUT2D eigenvalue weighted by Gasteiger charge is -2.03. The predicted octanol–water partition coefficient (Wildman–Crippen LogP) is 1.24. The molecule has 0 heterocycles. The first-order valence-corrected chi connectivity index (χ1v) is 4.26. The van der Waals surface area contributed by atoms with Crippen LogP contribution in [0.3, 0.4) is 0 Å². The van der Waals surface area contributed by atoms with Crippen molar-refractivity contribution in [2.75, 3.05) is 7.11 Å². The van der Waals surface area contributed by atoms with Crippen molar-refractivity contribution in [3.8, 4) is 0 Å². The van der Waals surface area contributed by atoms with Gasteiger partial charge in [-0.2, -0.15) is 0 Å². The topological polar surface area (TPSA) is 47.6 Å². The van der Waals surface area contributed by atoms with Gasteiger partial charge in [0.25, 0.3) is 0 Å². The van der Waals surface area contributed by atoms with E-state index in [0.29, 0.717) is 0 Å². The van der Waals surface area contributed by atoms with Crippen molar-refractivity contribution in [3.63, 3.8) is 0 Å². The molecule has 3 nitrogen and oxygen atoms in total. The molecule has 1 atom stereocenters. The molecule has 0 bridgehead atoms. The van der Waals surface area contributed by atoms with Crippen LogP contribution in [0.5, 0.6) is 0 Å². The fraction of sp³-hybridized carbons (Fsp3) is 0.300. The maximum Gasteiger partial charge on any atom is 0.106 e. The summed E-state index contributed by atoms with van der Waals surface area (Å²) in [5, 5.41) is 3.91. The summed E-state index contributed by atoms with van der Waals surface area (Å²) in [6.45, 7) is 0. The zero-order valence-corrected chi connectivity index (χ0v) is 7.53. The molecule has 0 saturated heterocycles. The Kier molecular flexibility index (Phi) is 2.02. The van der Waals surface area contributed by atoms with E-state index in [9.17, 15) is 0 Å². The van der Waals surface area contributed by atoms with Gasteiger partial charge in [-0.25, -0.2) is 0 Å². The van der Waals surface area contributed by atoms with Gasteiger partial charge in [-0.15, -0.1) is 0 Å². The van der Waals surface area contributed by atoms with Crippen LogP contribution in [0, 0.1) is 0 Å². The summed E-state index contributed by atoms with van der Waals surface area (Å²) >= 11 is 0. The van der Waals surface area contributed by atoms with E-state index in [4.69, 9.17) is 10.6 Å². The third-order valence-corrected chi connectivity index (χ3v) is 2.33. The van der Waals surface area contributed by atoms with Crippen LogP contribution < -0.4 is 5.73 Å². The van der Waals surface area contributed by atoms with Crippen LogP contribution >= 0.6 is 0 Å². The summed E-state index contributed by atoms with van der Waals surface area (Å²) in [5.74, 6) is 0. The maximum atomic E-state index is 5.97. The fourth-order valence-electron chi connectivity index (χ4n) is 1.69. The highest BCUT2D eigenvalue weighted by Gasteiger charge is 2.25. The molecule has 1 aliphatic rings. The van der Waals surface area contributed by atoms with Gasteiger partial charge in [0, 0.05) is 6.42 Å². The molecule has 0 fully saturated rings. The van der Waals surface area contributed by atoms with Crippen molar-refractivity contribution in [1.82, 2.24) is 0 Å². The molecule has 1 aromatic rings. The molecule has 2 N–H and O–H groups in total. The molecule has 2 rings (SSSR count).